The Balaban J connectivity index is 1.45. The molecule has 1 fully saturated rings. The summed E-state index contributed by atoms with van der Waals surface area (Å²) in [5, 5.41) is 5.94. The number of nitrogens with zero attached hydrogens (tertiary/aromatic N) is 2. The first kappa shape index (κ1) is 23.5. The van der Waals surface area contributed by atoms with Crippen molar-refractivity contribution in [3.8, 4) is 0 Å². The zero-order valence-corrected chi connectivity index (χ0v) is 19.4. The maximum atomic E-state index is 12.2. The summed E-state index contributed by atoms with van der Waals surface area (Å²) in [6.07, 6.45) is 3.81. The van der Waals surface area contributed by atoms with Crippen LogP contribution in [-0.2, 0) is 9.59 Å². The highest BCUT2D eigenvalue weighted by atomic mass is 32.1. The van der Waals surface area contributed by atoms with Crippen LogP contribution in [0, 0.1) is 5.92 Å². The molecule has 0 radical (unpaired) electrons. The van der Waals surface area contributed by atoms with Crippen LogP contribution in [0.1, 0.15) is 25.8 Å². The van der Waals surface area contributed by atoms with Gasteiger partial charge in [-0.05, 0) is 54.0 Å². The first-order valence-electron chi connectivity index (χ1n) is 10.9. The normalized spacial score (nSPS) is 14.0. The molecule has 32 heavy (non-hydrogen) atoms. The van der Waals surface area contributed by atoms with Gasteiger partial charge in [0.25, 0.3) is 0 Å². The summed E-state index contributed by atoms with van der Waals surface area (Å²) in [5.74, 6) is 0.345. The Bertz CT molecular complexity index is 950. The fourth-order valence-corrected chi connectivity index (χ4v) is 3.72. The fourth-order valence-electron chi connectivity index (χ4n) is 3.50. The molecular formula is C25H30N4O2S. The molecule has 1 saturated heterocycles. The monoisotopic (exact) mass is 450 g/mol. The molecule has 0 aromatic heterocycles. The second-order valence-electron chi connectivity index (χ2n) is 8.20. The molecule has 2 amide bonds. The van der Waals surface area contributed by atoms with E-state index in [1.165, 1.54) is 6.08 Å². The summed E-state index contributed by atoms with van der Waals surface area (Å²) in [6.45, 7) is 7.28. The number of amides is 2. The molecule has 0 atom stereocenters. The van der Waals surface area contributed by atoms with Crippen molar-refractivity contribution in [2.75, 3.05) is 36.4 Å². The Hall–Kier alpha value is -3.19. The number of nitrogens with one attached hydrogen (secondary N) is 2. The number of thiocarbonyl (C=S) groups is 1. The van der Waals surface area contributed by atoms with E-state index in [0.717, 1.165) is 43.1 Å². The van der Waals surface area contributed by atoms with E-state index in [9.17, 15) is 9.59 Å². The highest BCUT2D eigenvalue weighted by molar-refractivity contribution is 7.80. The zero-order valence-electron chi connectivity index (χ0n) is 18.6. The van der Waals surface area contributed by atoms with Gasteiger partial charge in [-0.25, -0.2) is 0 Å². The van der Waals surface area contributed by atoms with Crippen LogP contribution in [0.4, 0.5) is 11.4 Å². The highest BCUT2D eigenvalue weighted by Crippen LogP contribution is 2.20. The van der Waals surface area contributed by atoms with Gasteiger partial charge >= 0.3 is 0 Å². The topological polar surface area (TPSA) is 64.7 Å². The lowest BCUT2D eigenvalue weighted by molar-refractivity contribution is -0.132. The van der Waals surface area contributed by atoms with Crippen molar-refractivity contribution in [1.29, 1.82) is 0 Å². The first-order chi connectivity index (χ1) is 15.4. The SMILES string of the molecule is CC(C)CC(=O)N1CCN(c2ccc(NC(=S)NC(=O)/C=C/c3ccccc3)cc2)CC1. The molecule has 0 spiro atoms. The molecule has 2 N–H and O–H groups in total. The van der Waals surface area contributed by atoms with Gasteiger partial charge in [-0.2, -0.15) is 0 Å². The summed E-state index contributed by atoms with van der Waals surface area (Å²) in [6, 6.07) is 17.5. The van der Waals surface area contributed by atoms with Gasteiger partial charge in [0.05, 0.1) is 0 Å². The van der Waals surface area contributed by atoms with Crippen LogP contribution >= 0.6 is 12.2 Å². The molecule has 168 valence electrons. The number of hydrogen-bond donors (Lipinski definition) is 2. The number of rotatable bonds is 6. The van der Waals surface area contributed by atoms with E-state index in [4.69, 9.17) is 12.2 Å². The number of hydrogen-bond acceptors (Lipinski definition) is 4. The Labute approximate surface area is 195 Å². The molecule has 2 aromatic rings. The van der Waals surface area contributed by atoms with Crippen molar-refractivity contribution in [2.45, 2.75) is 20.3 Å². The lowest BCUT2D eigenvalue weighted by Gasteiger charge is -2.36. The summed E-state index contributed by atoms with van der Waals surface area (Å²) in [4.78, 5) is 28.5. The quantitative estimate of drug-likeness (QED) is 0.516. The van der Waals surface area contributed by atoms with Crippen LogP contribution in [0.25, 0.3) is 6.08 Å². The molecule has 0 saturated carbocycles. The van der Waals surface area contributed by atoms with Crippen LogP contribution in [0.2, 0.25) is 0 Å². The van der Waals surface area contributed by atoms with Gasteiger partial charge in [0, 0.05) is 50.1 Å². The van der Waals surface area contributed by atoms with Crippen molar-refractivity contribution in [2.24, 2.45) is 5.92 Å². The van der Waals surface area contributed by atoms with E-state index in [1.54, 1.807) is 6.08 Å². The Morgan fingerprint density at radius 2 is 1.66 bits per heavy atom. The molecule has 1 aliphatic heterocycles. The Morgan fingerprint density at radius 3 is 2.28 bits per heavy atom. The Kier molecular flexibility index (Phi) is 8.39. The number of carbonyl (C=O) groups excluding carboxylic acids is 2. The van der Waals surface area contributed by atoms with Crippen molar-refractivity contribution in [3.05, 3.63) is 66.2 Å². The molecule has 1 aliphatic rings. The van der Waals surface area contributed by atoms with E-state index in [1.807, 2.05) is 59.5 Å². The second-order valence-corrected chi connectivity index (χ2v) is 8.61. The molecule has 0 aliphatic carbocycles. The second kappa shape index (κ2) is 11.4. The number of piperazine rings is 1. The minimum absolute atomic E-state index is 0.244. The van der Waals surface area contributed by atoms with Gasteiger partial charge in [0.1, 0.15) is 0 Å². The molecular weight excluding hydrogens is 420 g/mol. The van der Waals surface area contributed by atoms with Gasteiger partial charge in [-0.15, -0.1) is 0 Å². The lowest BCUT2D eigenvalue weighted by atomic mass is 10.1. The third kappa shape index (κ3) is 7.20. The standard InChI is InChI=1S/C25H30N4O2S/c1-19(2)18-24(31)29-16-14-28(15-17-29)22-11-9-21(10-12-22)26-25(32)27-23(30)13-8-20-6-4-3-5-7-20/h3-13,19H,14-18H2,1-2H3,(H2,26,27,30,32)/b13-8+. The maximum absolute atomic E-state index is 12.2. The van der Waals surface area contributed by atoms with Crippen molar-refractivity contribution < 1.29 is 9.59 Å². The predicted octanol–water partition coefficient (Wildman–Crippen LogP) is 3.91. The fraction of sp³-hybridized carbons (Fsp3) is 0.320. The lowest BCUT2D eigenvalue weighted by Crippen LogP contribution is -2.49. The maximum Gasteiger partial charge on any atom is 0.250 e. The van der Waals surface area contributed by atoms with Crippen LogP contribution in [0.3, 0.4) is 0 Å². The average Bonchev–Trinajstić information content (AvgIpc) is 2.78. The zero-order chi connectivity index (χ0) is 22.9. The van der Waals surface area contributed by atoms with E-state index in [0.29, 0.717) is 12.3 Å². The number of anilines is 2. The van der Waals surface area contributed by atoms with Gasteiger partial charge < -0.3 is 15.1 Å². The van der Waals surface area contributed by atoms with Gasteiger partial charge in [0.15, 0.2) is 5.11 Å². The number of carbonyl (C=O) groups is 2. The summed E-state index contributed by atoms with van der Waals surface area (Å²) in [7, 11) is 0. The minimum Gasteiger partial charge on any atom is -0.368 e. The molecule has 0 bridgehead atoms. The summed E-state index contributed by atoms with van der Waals surface area (Å²) >= 11 is 5.24. The average molecular weight is 451 g/mol. The smallest absolute Gasteiger partial charge is 0.250 e. The molecule has 3 rings (SSSR count). The van der Waals surface area contributed by atoms with Crippen LogP contribution in [0.15, 0.2) is 60.7 Å². The van der Waals surface area contributed by atoms with Crippen molar-refractivity contribution in [1.82, 2.24) is 10.2 Å². The van der Waals surface area contributed by atoms with Gasteiger partial charge in [-0.3, -0.25) is 14.9 Å². The third-order valence-corrected chi connectivity index (χ3v) is 5.37. The first-order valence-corrected chi connectivity index (χ1v) is 11.3. The summed E-state index contributed by atoms with van der Waals surface area (Å²) in [5.41, 5.74) is 2.85. The predicted molar refractivity (Wildman–Crippen MR) is 135 cm³/mol. The van der Waals surface area contributed by atoms with Gasteiger partial charge in [-0.1, -0.05) is 44.2 Å². The van der Waals surface area contributed by atoms with Crippen LogP contribution in [-0.4, -0.2) is 48.0 Å². The summed E-state index contributed by atoms with van der Waals surface area (Å²) < 4.78 is 0. The molecule has 6 nitrogen and oxygen atoms in total. The molecule has 7 heteroatoms. The number of benzene rings is 2. The van der Waals surface area contributed by atoms with Crippen molar-refractivity contribution >= 4 is 46.6 Å². The van der Waals surface area contributed by atoms with E-state index in [-0.39, 0.29) is 16.9 Å². The Morgan fingerprint density at radius 1 is 1.00 bits per heavy atom. The van der Waals surface area contributed by atoms with Gasteiger partial charge in [0.2, 0.25) is 11.8 Å². The minimum atomic E-state index is -0.284. The van der Waals surface area contributed by atoms with E-state index in [2.05, 4.69) is 29.4 Å². The van der Waals surface area contributed by atoms with E-state index >= 15 is 0 Å². The van der Waals surface area contributed by atoms with Crippen molar-refractivity contribution in [3.63, 3.8) is 0 Å². The largest absolute Gasteiger partial charge is 0.368 e. The van der Waals surface area contributed by atoms with E-state index < -0.39 is 0 Å². The molecule has 0 unspecified atom stereocenters. The molecule has 2 aromatic carbocycles. The molecule has 1 heterocycles. The van der Waals surface area contributed by atoms with Crippen LogP contribution in [0.5, 0.6) is 0 Å². The third-order valence-electron chi connectivity index (χ3n) is 5.17. The van der Waals surface area contributed by atoms with Crippen LogP contribution < -0.4 is 15.5 Å². The highest BCUT2D eigenvalue weighted by Gasteiger charge is 2.21.